The molecule has 20 heavy (non-hydrogen) atoms. The molecule has 104 valence electrons. The number of pyridine rings is 1. The van der Waals surface area contributed by atoms with Gasteiger partial charge in [0.15, 0.2) is 0 Å². The average molecular weight is 291 g/mol. The number of amides is 1. The number of methoxy groups -OCH3 is 1. The van der Waals surface area contributed by atoms with E-state index < -0.39 is 0 Å². The summed E-state index contributed by atoms with van der Waals surface area (Å²) in [6, 6.07) is 10.8. The van der Waals surface area contributed by atoms with Crippen molar-refractivity contribution in [1.29, 1.82) is 0 Å². The van der Waals surface area contributed by atoms with Crippen LogP contribution in [0.1, 0.15) is 15.9 Å². The first-order valence-corrected chi connectivity index (χ1v) is 6.48. The second kappa shape index (κ2) is 6.39. The van der Waals surface area contributed by atoms with E-state index in [2.05, 4.69) is 4.98 Å². The fraction of sp³-hybridized carbons (Fsp3) is 0.200. The zero-order valence-corrected chi connectivity index (χ0v) is 12.1. The number of aromatic nitrogens is 1. The highest BCUT2D eigenvalue weighted by molar-refractivity contribution is 6.29. The van der Waals surface area contributed by atoms with Crippen molar-refractivity contribution in [2.45, 2.75) is 6.54 Å². The lowest BCUT2D eigenvalue weighted by Gasteiger charge is -2.17. The molecule has 0 radical (unpaired) electrons. The Bertz CT molecular complexity index is 616. The van der Waals surface area contributed by atoms with Crippen LogP contribution in [0.15, 0.2) is 42.6 Å². The van der Waals surface area contributed by atoms with E-state index in [1.807, 2.05) is 24.3 Å². The third-order valence-electron chi connectivity index (χ3n) is 2.87. The Labute approximate surface area is 123 Å². The number of carbonyl (C=O) groups is 1. The standard InChI is InChI=1S/C15H15ClN2O2/c1-18(10-11-4-3-5-13(8-11)20-2)15(19)12-6-7-17-14(16)9-12/h3-9H,10H2,1-2H3. The molecule has 0 aliphatic rings. The third-order valence-corrected chi connectivity index (χ3v) is 3.08. The number of carbonyl (C=O) groups excluding carboxylic acids is 1. The van der Waals surface area contributed by atoms with Gasteiger partial charge in [-0.2, -0.15) is 0 Å². The molecule has 0 saturated carbocycles. The lowest BCUT2D eigenvalue weighted by atomic mass is 10.2. The molecule has 1 heterocycles. The fourth-order valence-corrected chi connectivity index (χ4v) is 2.05. The molecule has 4 nitrogen and oxygen atoms in total. The van der Waals surface area contributed by atoms with Crippen LogP contribution in [0, 0.1) is 0 Å². The quantitative estimate of drug-likeness (QED) is 0.813. The molecule has 2 rings (SSSR count). The smallest absolute Gasteiger partial charge is 0.254 e. The molecule has 0 unspecified atom stereocenters. The second-order valence-corrected chi connectivity index (χ2v) is 4.77. The van der Waals surface area contributed by atoms with Crippen molar-refractivity contribution in [1.82, 2.24) is 9.88 Å². The van der Waals surface area contributed by atoms with E-state index in [-0.39, 0.29) is 5.91 Å². The summed E-state index contributed by atoms with van der Waals surface area (Å²) in [7, 11) is 3.36. The zero-order valence-electron chi connectivity index (χ0n) is 11.3. The van der Waals surface area contributed by atoms with Gasteiger partial charge in [-0.05, 0) is 29.8 Å². The topological polar surface area (TPSA) is 42.4 Å². The molecule has 0 N–H and O–H groups in total. The van der Waals surface area contributed by atoms with Crippen LogP contribution in [0.3, 0.4) is 0 Å². The number of nitrogens with zero attached hydrogens (tertiary/aromatic N) is 2. The normalized spacial score (nSPS) is 10.2. The van der Waals surface area contributed by atoms with Crippen molar-refractivity contribution in [3.05, 3.63) is 58.9 Å². The van der Waals surface area contributed by atoms with Crippen molar-refractivity contribution in [2.24, 2.45) is 0 Å². The maximum absolute atomic E-state index is 12.3. The molecule has 0 aliphatic carbocycles. The number of benzene rings is 1. The van der Waals surface area contributed by atoms with E-state index in [1.54, 1.807) is 31.2 Å². The summed E-state index contributed by atoms with van der Waals surface area (Å²) < 4.78 is 5.17. The monoisotopic (exact) mass is 290 g/mol. The molecule has 0 aliphatic heterocycles. The van der Waals surface area contributed by atoms with Gasteiger partial charge in [-0.15, -0.1) is 0 Å². The summed E-state index contributed by atoms with van der Waals surface area (Å²) >= 11 is 5.79. The van der Waals surface area contributed by atoms with Gasteiger partial charge in [0.2, 0.25) is 0 Å². The van der Waals surface area contributed by atoms with Gasteiger partial charge >= 0.3 is 0 Å². The maximum Gasteiger partial charge on any atom is 0.254 e. The van der Waals surface area contributed by atoms with Crippen LogP contribution in [-0.4, -0.2) is 29.9 Å². The fourth-order valence-electron chi connectivity index (χ4n) is 1.87. The maximum atomic E-state index is 12.3. The Morgan fingerprint density at radius 1 is 1.35 bits per heavy atom. The van der Waals surface area contributed by atoms with Gasteiger partial charge in [0.1, 0.15) is 10.9 Å². The first kappa shape index (κ1) is 14.3. The van der Waals surface area contributed by atoms with Crippen LogP contribution in [-0.2, 0) is 6.54 Å². The van der Waals surface area contributed by atoms with Crippen LogP contribution >= 0.6 is 11.6 Å². The first-order chi connectivity index (χ1) is 9.60. The summed E-state index contributed by atoms with van der Waals surface area (Å²) in [4.78, 5) is 17.8. The van der Waals surface area contributed by atoms with Gasteiger partial charge in [-0.1, -0.05) is 23.7 Å². The number of halogens is 1. The number of rotatable bonds is 4. The molecule has 0 saturated heterocycles. The third kappa shape index (κ3) is 3.48. The predicted molar refractivity (Wildman–Crippen MR) is 78.0 cm³/mol. The molecule has 0 bridgehead atoms. The molecule has 0 spiro atoms. The minimum atomic E-state index is -0.0999. The van der Waals surface area contributed by atoms with Gasteiger partial charge < -0.3 is 9.64 Å². The van der Waals surface area contributed by atoms with Crippen molar-refractivity contribution in [3.8, 4) is 5.75 Å². The molecule has 2 aromatic rings. The molecule has 1 amide bonds. The SMILES string of the molecule is COc1cccc(CN(C)C(=O)c2ccnc(Cl)c2)c1. The van der Waals surface area contributed by atoms with Gasteiger partial charge in [-0.3, -0.25) is 4.79 Å². The largest absolute Gasteiger partial charge is 0.497 e. The number of hydrogen-bond acceptors (Lipinski definition) is 3. The van der Waals surface area contributed by atoms with Gasteiger partial charge in [0, 0.05) is 25.4 Å². The molecule has 0 fully saturated rings. The summed E-state index contributed by atoms with van der Waals surface area (Å²) in [5.41, 5.74) is 1.52. The zero-order chi connectivity index (χ0) is 14.5. The lowest BCUT2D eigenvalue weighted by Crippen LogP contribution is -2.26. The van der Waals surface area contributed by atoms with Gasteiger partial charge in [0.25, 0.3) is 5.91 Å². The Hall–Kier alpha value is -2.07. The summed E-state index contributed by atoms with van der Waals surface area (Å²) in [5, 5.41) is 0.311. The van der Waals surface area contributed by atoms with Crippen molar-refractivity contribution in [2.75, 3.05) is 14.2 Å². The van der Waals surface area contributed by atoms with E-state index in [9.17, 15) is 4.79 Å². The highest BCUT2D eigenvalue weighted by Gasteiger charge is 2.12. The molecular weight excluding hydrogens is 276 g/mol. The lowest BCUT2D eigenvalue weighted by molar-refractivity contribution is 0.0785. The van der Waals surface area contributed by atoms with Crippen LogP contribution in [0.4, 0.5) is 0 Å². The summed E-state index contributed by atoms with van der Waals surface area (Å²) in [5.74, 6) is 0.674. The Morgan fingerprint density at radius 3 is 2.85 bits per heavy atom. The van der Waals surface area contributed by atoms with Crippen LogP contribution in [0.2, 0.25) is 5.15 Å². The van der Waals surface area contributed by atoms with E-state index in [4.69, 9.17) is 16.3 Å². The first-order valence-electron chi connectivity index (χ1n) is 6.10. The molecule has 1 aromatic carbocycles. The van der Waals surface area contributed by atoms with Crippen LogP contribution in [0.25, 0.3) is 0 Å². The molecule has 0 atom stereocenters. The van der Waals surface area contributed by atoms with Crippen molar-refractivity contribution >= 4 is 17.5 Å². The van der Waals surface area contributed by atoms with Crippen molar-refractivity contribution < 1.29 is 9.53 Å². The Kier molecular flexibility index (Phi) is 4.58. The number of hydrogen-bond donors (Lipinski definition) is 0. The highest BCUT2D eigenvalue weighted by atomic mass is 35.5. The molecular formula is C15H15ClN2O2. The van der Waals surface area contributed by atoms with E-state index in [0.29, 0.717) is 17.3 Å². The minimum absolute atomic E-state index is 0.0999. The minimum Gasteiger partial charge on any atom is -0.497 e. The second-order valence-electron chi connectivity index (χ2n) is 4.38. The summed E-state index contributed by atoms with van der Waals surface area (Å²) in [6.45, 7) is 0.496. The highest BCUT2D eigenvalue weighted by Crippen LogP contribution is 2.15. The van der Waals surface area contributed by atoms with Gasteiger partial charge in [-0.25, -0.2) is 4.98 Å². The Morgan fingerprint density at radius 2 is 2.15 bits per heavy atom. The molecule has 5 heteroatoms. The average Bonchev–Trinajstić information content (AvgIpc) is 2.46. The Balaban J connectivity index is 2.11. The summed E-state index contributed by atoms with van der Waals surface area (Å²) in [6.07, 6.45) is 1.52. The van der Waals surface area contributed by atoms with Gasteiger partial charge in [0.05, 0.1) is 7.11 Å². The number of ether oxygens (including phenoxy) is 1. The van der Waals surface area contributed by atoms with E-state index in [1.165, 1.54) is 6.20 Å². The molecule has 1 aromatic heterocycles. The van der Waals surface area contributed by atoms with Crippen LogP contribution < -0.4 is 4.74 Å². The predicted octanol–water partition coefficient (Wildman–Crippen LogP) is 3.02. The van der Waals surface area contributed by atoms with Crippen molar-refractivity contribution in [3.63, 3.8) is 0 Å². The van der Waals surface area contributed by atoms with Crippen LogP contribution in [0.5, 0.6) is 5.75 Å². The van der Waals surface area contributed by atoms with E-state index in [0.717, 1.165) is 11.3 Å². The van der Waals surface area contributed by atoms with E-state index >= 15 is 0 Å².